The van der Waals surface area contributed by atoms with Crippen LogP contribution < -0.4 is 5.32 Å². The van der Waals surface area contributed by atoms with Gasteiger partial charge < -0.3 is 15.3 Å². The van der Waals surface area contributed by atoms with Crippen molar-refractivity contribution in [3.05, 3.63) is 33.8 Å². The summed E-state index contributed by atoms with van der Waals surface area (Å²) < 4.78 is 0. The zero-order chi connectivity index (χ0) is 16.3. The lowest BCUT2D eigenvalue weighted by atomic mass is 9.98. The molecule has 1 fully saturated rings. The molecule has 2 N–H and O–H groups in total. The van der Waals surface area contributed by atoms with Crippen molar-refractivity contribution in [1.82, 2.24) is 10.2 Å². The molecule has 1 aromatic rings. The lowest BCUT2D eigenvalue weighted by Crippen LogP contribution is -2.47. The van der Waals surface area contributed by atoms with Crippen molar-refractivity contribution in [3.63, 3.8) is 0 Å². The fourth-order valence-corrected chi connectivity index (χ4v) is 3.03. The van der Waals surface area contributed by atoms with Gasteiger partial charge in [-0.3, -0.25) is 4.79 Å². The average Bonchev–Trinajstić information content (AvgIpc) is 2.49. The van der Waals surface area contributed by atoms with E-state index < -0.39 is 11.9 Å². The van der Waals surface area contributed by atoms with E-state index in [1.165, 1.54) is 4.90 Å². The van der Waals surface area contributed by atoms with Gasteiger partial charge in [0, 0.05) is 23.1 Å². The quantitative estimate of drug-likeness (QED) is 0.880. The number of rotatable bonds is 3. The highest BCUT2D eigenvalue weighted by atomic mass is 35.5. The Kier molecular flexibility index (Phi) is 5.53. The van der Waals surface area contributed by atoms with Crippen LogP contribution in [-0.2, 0) is 4.79 Å². The summed E-state index contributed by atoms with van der Waals surface area (Å²) in [4.78, 5) is 24.9. The van der Waals surface area contributed by atoms with E-state index in [-0.39, 0.29) is 18.6 Å². The third-order valence-corrected chi connectivity index (χ3v) is 4.40. The highest BCUT2D eigenvalue weighted by molar-refractivity contribution is 6.33. The van der Waals surface area contributed by atoms with Crippen molar-refractivity contribution in [1.29, 1.82) is 0 Å². The van der Waals surface area contributed by atoms with Gasteiger partial charge in [-0.2, -0.15) is 0 Å². The van der Waals surface area contributed by atoms with Crippen LogP contribution in [0.2, 0.25) is 10.0 Å². The number of urea groups is 1. The Hall–Kier alpha value is -1.46. The van der Waals surface area contributed by atoms with Gasteiger partial charge in [-0.05, 0) is 43.5 Å². The Bertz CT molecular complexity index is 580. The van der Waals surface area contributed by atoms with Crippen LogP contribution in [0.15, 0.2) is 18.2 Å². The van der Waals surface area contributed by atoms with Gasteiger partial charge in [-0.15, -0.1) is 0 Å². The van der Waals surface area contributed by atoms with E-state index in [4.69, 9.17) is 28.3 Å². The predicted molar refractivity (Wildman–Crippen MR) is 85.3 cm³/mol. The van der Waals surface area contributed by atoms with Crippen LogP contribution in [0.4, 0.5) is 4.79 Å². The molecule has 1 saturated heterocycles. The summed E-state index contributed by atoms with van der Waals surface area (Å²) in [5, 5.41) is 13.0. The van der Waals surface area contributed by atoms with E-state index in [9.17, 15) is 9.59 Å². The van der Waals surface area contributed by atoms with Gasteiger partial charge in [0.05, 0.1) is 12.0 Å². The first-order valence-corrected chi connectivity index (χ1v) is 7.87. The van der Waals surface area contributed by atoms with Crippen LogP contribution in [0.25, 0.3) is 0 Å². The number of hydrogen-bond acceptors (Lipinski definition) is 2. The highest BCUT2D eigenvalue weighted by Crippen LogP contribution is 2.26. The maximum Gasteiger partial charge on any atom is 0.317 e. The van der Waals surface area contributed by atoms with Gasteiger partial charge in [0.2, 0.25) is 0 Å². The molecule has 2 atom stereocenters. The minimum absolute atomic E-state index is 0.233. The molecule has 7 heteroatoms. The molecule has 0 bridgehead atoms. The Morgan fingerprint density at radius 3 is 2.82 bits per heavy atom. The summed E-state index contributed by atoms with van der Waals surface area (Å²) in [6.07, 6.45) is 1.30. The fraction of sp³-hybridized carbons (Fsp3) is 0.467. The first-order chi connectivity index (χ1) is 10.4. The van der Waals surface area contributed by atoms with Gasteiger partial charge in [-0.1, -0.05) is 23.2 Å². The van der Waals surface area contributed by atoms with Crippen LogP contribution in [0.3, 0.4) is 0 Å². The number of hydrogen-bond donors (Lipinski definition) is 2. The third kappa shape index (κ3) is 4.05. The standard InChI is InChI=1S/C15H18Cl2N2O3/c1-9(12-7-11(16)4-5-13(12)17)18-15(22)19-6-2-3-10(8-19)14(20)21/h4-5,7,9-10H,2-3,6,8H2,1H3,(H,18,22)(H,20,21)/t9-,10?/m1/s1. The van der Waals surface area contributed by atoms with E-state index >= 15 is 0 Å². The van der Waals surface area contributed by atoms with Crippen LogP contribution in [0, 0.1) is 5.92 Å². The molecule has 1 unspecified atom stereocenters. The first kappa shape index (κ1) is 16.9. The Morgan fingerprint density at radius 1 is 1.41 bits per heavy atom. The van der Waals surface area contributed by atoms with Gasteiger partial charge in [0.1, 0.15) is 0 Å². The van der Waals surface area contributed by atoms with Crippen molar-refractivity contribution in [2.24, 2.45) is 5.92 Å². The van der Waals surface area contributed by atoms with Crippen molar-refractivity contribution in [2.45, 2.75) is 25.8 Å². The van der Waals surface area contributed by atoms with Gasteiger partial charge >= 0.3 is 12.0 Å². The highest BCUT2D eigenvalue weighted by Gasteiger charge is 2.28. The monoisotopic (exact) mass is 344 g/mol. The Morgan fingerprint density at radius 2 is 2.14 bits per heavy atom. The molecule has 0 aliphatic carbocycles. The minimum atomic E-state index is -0.858. The molecule has 0 saturated carbocycles. The molecule has 5 nitrogen and oxygen atoms in total. The molecule has 1 aliphatic rings. The first-order valence-electron chi connectivity index (χ1n) is 7.11. The smallest absolute Gasteiger partial charge is 0.317 e. The number of piperidine rings is 1. The van der Waals surface area contributed by atoms with E-state index in [1.54, 1.807) is 18.2 Å². The van der Waals surface area contributed by atoms with E-state index in [0.29, 0.717) is 29.4 Å². The molecule has 1 aromatic carbocycles. The SMILES string of the molecule is C[C@@H](NC(=O)N1CCCC(C(=O)O)C1)c1cc(Cl)ccc1Cl. The summed E-state index contributed by atoms with van der Waals surface area (Å²) in [7, 11) is 0. The number of carboxylic acids is 1. The molecule has 0 spiro atoms. The molecule has 1 aliphatic heterocycles. The summed E-state index contributed by atoms with van der Waals surface area (Å²) in [6.45, 7) is 2.61. The molecule has 2 amide bonds. The van der Waals surface area contributed by atoms with Crippen LogP contribution in [0.1, 0.15) is 31.4 Å². The zero-order valence-corrected chi connectivity index (χ0v) is 13.7. The van der Waals surface area contributed by atoms with E-state index in [1.807, 2.05) is 6.92 Å². The molecular weight excluding hydrogens is 327 g/mol. The molecule has 2 rings (SSSR count). The zero-order valence-electron chi connectivity index (χ0n) is 12.2. The number of benzene rings is 1. The second-order valence-electron chi connectivity index (χ2n) is 5.46. The summed E-state index contributed by atoms with van der Waals surface area (Å²) >= 11 is 12.1. The second kappa shape index (κ2) is 7.20. The normalized spacial score (nSPS) is 19.6. The largest absolute Gasteiger partial charge is 0.481 e. The Labute approximate surface area is 139 Å². The summed E-state index contributed by atoms with van der Waals surface area (Å²) in [5.74, 6) is -1.35. The van der Waals surface area contributed by atoms with E-state index in [2.05, 4.69) is 5.32 Å². The number of carboxylic acid groups (broad SMARTS) is 1. The number of likely N-dealkylation sites (tertiary alicyclic amines) is 1. The number of amides is 2. The predicted octanol–water partition coefficient (Wildman–Crippen LogP) is 3.56. The van der Waals surface area contributed by atoms with Gasteiger partial charge in [0.15, 0.2) is 0 Å². The average molecular weight is 345 g/mol. The van der Waals surface area contributed by atoms with E-state index in [0.717, 1.165) is 5.56 Å². The number of carbonyl (C=O) groups excluding carboxylic acids is 1. The van der Waals surface area contributed by atoms with Crippen LogP contribution in [-0.4, -0.2) is 35.1 Å². The Balaban J connectivity index is 2.01. The second-order valence-corrected chi connectivity index (χ2v) is 6.30. The summed E-state index contributed by atoms with van der Waals surface area (Å²) in [6, 6.07) is 4.48. The third-order valence-electron chi connectivity index (χ3n) is 3.82. The van der Waals surface area contributed by atoms with Crippen molar-refractivity contribution >= 4 is 35.2 Å². The molecule has 0 radical (unpaired) electrons. The van der Waals surface area contributed by atoms with Crippen molar-refractivity contribution in [2.75, 3.05) is 13.1 Å². The molecule has 120 valence electrons. The maximum atomic E-state index is 12.3. The van der Waals surface area contributed by atoms with Gasteiger partial charge in [-0.25, -0.2) is 4.79 Å². The molecule has 1 heterocycles. The lowest BCUT2D eigenvalue weighted by Gasteiger charge is -2.32. The maximum absolute atomic E-state index is 12.3. The lowest BCUT2D eigenvalue weighted by molar-refractivity contribution is -0.143. The fourth-order valence-electron chi connectivity index (χ4n) is 2.56. The topological polar surface area (TPSA) is 69.6 Å². The molecule has 22 heavy (non-hydrogen) atoms. The molecule has 0 aromatic heterocycles. The van der Waals surface area contributed by atoms with Crippen molar-refractivity contribution in [3.8, 4) is 0 Å². The van der Waals surface area contributed by atoms with Crippen molar-refractivity contribution < 1.29 is 14.7 Å². The van der Waals surface area contributed by atoms with Gasteiger partial charge in [0.25, 0.3) is 0 Å². The van der Waals surface area contributed by atoms with Crippen LogP contribution in [0.5, 0.6) is 0 Å². The minimum Gasteiger partial charge on any atom is -0.481 e. The molecular formula is C15H18Cl2N2O3. The number of nitrogens with zero attached hydrogens (tertiary/aromatic N) is 1. The van der Waals surface area contributed by atoms with Crippen LogP contribution >= 0.6 is 23.2 Å². The number of carbonyl (C=O) groups is 2. The summed E-state index contributed by atoms with van der Waals surface area (Å²) in [5.41, 5.74) is 0.731. The number of halogens is 2. The number of aliphatic carboxylic acids is 1. The number of nitrogens with one attached hydrogen (secondary N) is 1.